The number of aromatic carboxylic acids is 1. The van der Waals surface area contributed by atoms with E-state index in [0.717, 1.165) is 12.8 Å². The van der Waals surface area contributed by atoms with Crippen LogP contribution in [0.15, 0.2) is 24.3 Å². The van der Waals surface area contributed by atoms with Gasteiger partial charge in [-0.15, -0.1) is 21.7 Å². The number of pyridine rings is 1. The number of alkyl halides is 1. The fourth-order valence-corrected chi connectivity index (χ4v) is 4.61. The fourth-order valence-electron chi connectivity index (χ4n) is 4.27. The molecular weight excluding hydrogens is 486 g/mol. The Morgan fingerprint density at radius 3 is 2.23 bits per heavy atom. The first kappa shape index (κ1) is 27.4. The summed E-state index contributed by atoms with van der Waals surface area (Å²) in [5.41, 5.74) is -0.267. The van der Waals surface area contributed by atoms with Crippen molar-refractivity contribution in [2.24, 2.45) is 0 Å². The molecule has 1 aliphatic rings. The second kappa shape index (κ2) is 11.6. The smallest absolute Gasteiger partial charge is 0.341 e. The van der Waals surface area contributed by atoms with Crippen molar-refractivity contribution in [1.82, 2.24) is 4.98 Å². The van der Waals surface area contributed by atoms with Crippen LogP contribution in [0, 0.1) is 34.1 Å². The van der Waals surface area contributed by atoms with E-state index in [1.54, 1.807) is 6.92 Å². The Morgan fingerprint density at radius 1 is 1.14 bits per heavy atom. The van der Waals surface area contributed by atoms with Crippen LogP contribution in [-0.4, -0.2) is 48.7 Å². The number of carboxylic acids is 1. The number of carbonyl (C=O) groups is 2. The predicted molar refractivity (Wildman–Crippen MR) is 123 cm³/mol. The molecule has 2 N–H and O–H groups in total. The molecule has 1 heterocycles. The maximum atomic E-state index is 13.4. The molecule has 1 aliphatic carbocycles. The highest BCUT2D eigenvalue weighted by atomic mass is 35.5. The van der Waals surface area contributed by atoms with Gasteiger partial charge in [-0.2, -0.15) is 0 Å². The van der Waals surface area contributed by atoms with Crippen LogP contribution in [0.5, 0.6) is 0 Å². The molecule has 12 nitrogen and oxygen atoms in total. The highest BCUT2D eigenvalue weighted by molar-refractivity contribution is 6.17. The van der Waals surface area contributed by atoms with Crippen molar-refractivity contribution in [2.45, 2.75) is 51.6 Å². The van der Waals surface area contributed by atoms with E-state index in [0.29, 0.717) is 30.8 Å². The van der Waals surface area contributed by atoms with Crippen molar-refractivity contribution in [3.05, 3.63) is 67.0 Å². The van der Waals surface area contributed by atoms with Gasteiger partial charge in [-0.3, -0.25) is 15.1 Å². The largest absolute Gasteiger partial charge is 0.478 e. The van der Waals surface area contributed by atoms with Gasteiger partial charge in [0.1, 0.15) is 5.60 Å². The molecule has 188 valence electrons. The third kappa shape index (κ3) is 6.63. The summed E-state index contributed by atoms with van der Waals surface area (Å²) in [6, 6.07) is 5.54. The zero-order chi connectivity index (χ0) is 26.3. The maximum Gasteiger partial charge on any atom is 0.341 e. The van der Waals surface area contributed by atoms with Crippen molar-refractivity contribution >= 4 is 29.2 Å². The van der Waals surface area contributed by atoms with Gasteiger partial charge in [0.15, 0.2) is 0 Å². The minimum absolute atomic E-state index is 0.00402. The fraction of sp³-hybridized carbons (Fsp3) is 0.409. The van der Waals surface area contributed by atoms with Crippen LogP contribution >= 0.6 is 11.6 Å². The Balaban J connectivity index is 0.00000100. The van der Waals surface area contributed by atoms with Crippen LogP contribution in [0.4, 0.5) is 5.69 Å². The molecule has 3 rings (SSSR count). The standard InChI is InChI=1S/C22H23ClN2O6.HNO3/c1-13-17(20(26)27)19(15-6-5-7-16(12-15)25(29)30)18(14(2)24-13)21(28)31-22(10-11-23)8-3-4-9-22;2-1(3)4/h5-7,12H,3-4,8-11H2,1-2H3,(H,26,27);(H,2,3,4). The number of non-ortho nitro benzene ring substituents is 1. The van der Waals surface area contributed by atoms with E-state index in [4.69, 9.17) is 31.7 Å². The first-order chi connectivity index (χ1) is 16.4. The van der Waals surface area contributed by atoms with Crippen molar-refractivity contribution < 1.29 is 34.6 Å². The molecule has 1 fully saturated rings. The van der Waals surface area contributed by atoms with Crippen molar-refractivity contribution in [3.63, 3.8) is 0 Å². The normalized spacial score (nSPS) is 13.9. The molecule has 1 aromatic heterocycles. The Hall–Kier alpha value is -3.80. The number of nitro benzene ring substituents is 1. The lowest BCUT2D eigenvalue weighted by Crippen LogP contribution is -2.33. The second-order valence-electron chi connectivity index (χ2n) is 7.98. The van der Waals surface area contributed by atoms with E-state index in [-0.39, 0.29) is 33.6 Å². The van der Waals surface area contributed by atoms with Crippen molar-refractivity contribution in [1.29, 1.82) is 0 Å². The molecule has 0 spiro atoms. The van der Waals surface area contributed by atoms with E-state index in [9.17, 15) is 24.8 Å². The zero-order valence-corrected chi connectivity index (χ0v) is 19.8. The lowest BCUT2D eigenvalue weighted by molar-refractivity contribution is -0.742. The monoisotopic (exact) mass is 509 g/mol. The topological polar surface area (TPSA) is 183 Å². The van der Waals surface area contributed by atoms with E-state index >= 15 is 0 Å². The second-order valence-corrected chi connectivity index (χ2v) is 8.35. The number of carboxylic acid groups (broad SMARTS) is 1. The van der Waals surface area contributed by atoms with Crippen LogP contribution in [-0.2, 0) is 4.74 Å². The van der Waals surface area contributed by atoms with E-state index in [2.05, 4.69) is 4.98 Å². The SMILES string of the molecule is Cc1nc(C)c(C(=O)OC2(CCCl)CCCC2)c(-c2cccc([N+](=O)[O-])c2)c1C(=O)O.O=[N+]([O-])O. The molecular formula is C22H24ClN3O9. The number of hydrogen-bond acceptors (Lipinski definition) is 8. The Bertz CT molecular complexity index is 1140. The van der Waals surface area contributed by atoms with Gasteiger partial charge < -0.3 is 15.1 Å². The number of ether oxygens (including phenoxy) is 1. The van der Waals surface area contributed by atoms with Crippen LogP contribution in [0.25, 0.3) is 11.1 Å². The van der Waals surface area contributed by atoms with E-state index < -0.39 is 27.5 Å². The molecule has 0 amide bonds. The summed E-state index contributed by atoms with van der Waals surface area (Å²) in [4.78, 5) is 48.8. The third-order valence-corrected chi connectivity index (χ3v) is 5.89. The molecule has 0 radical (unpaired) electrons. The molecule has 35 heavy (non-hydrogen) atoms. The zero-order valence-electron chi connectivity index (χ0n) is 19.0. The highest BCUT2D eigenvalue weighted by Gasteiger charge is 2.39. The summed E-state index contributed by atoms with van der Waals surface area (Å²) in [6.07, 6.45) is 3.68. The quantitative estimate of drug-likeness (QED) is 0.229. The number of benzene rings is 1. The van der Waals surface area contributed by atoms with Crippen molar-refractivity contribution in [2.75, 3.05) is 5.88 Å². The minimum atomic E-state index is -1.50. The Morgan fingerprint density at radius 2 is 1.71 bits per heavy atom. The summed E-state index contributed by atoms with van der Waals surface area (Å²) in [5.74, 6) is -1.64. The maximum absolute atomic E-state index is 13.4. The van der Waals surface area contributed by atoms with Crippen LogP contribution in [0.1, 0.15) is 64.2 Å². The number of aromatic nitrogens is 1. The molecule has 0 bridgehead atoms. The Kier molecular flexibility index (Phi) is 9.06. The number of hydrogen-bond donors (Lipinski definition) is 2. The van der Waals surface area contributed by atoms with E-state index in [1.807, 2.05) is 0 Å². The summed E-state index contributed by atoms with van der Waals surface area (Å²) < 4.78 is 5.93. The molecule has 0 saturated heterocycles. The molecule has 13 heteroatoms. The molecule has 0 unspecified atom stereocenters. The molecule has 2 aromatic rings. The van der Waals surface area contributed by atoms with Crippen LogP contribution in [0.2, 0.25) is 0 Å². The van der Waals surface area contributed by atoms with Gasteiger partial charge in [0.05, 0.1) is 27.4 Å². The number of rotatable bonds is 7. The summed E-state index contributed by atoms with van der Waals surface area (Å²) in [7, 11) is 0. The van der Waals surface area contributed by atoms with Gasteiger partial charge >= 0.3 is 11.9 Å². The lowest BCUT2D eigenvalue weighted by atomic mass is 9.91. The van der Waals surface area contributed by atoms with Gasteiger partial charge in [0.2, 0.25) is 0 Å². The number of aryl methyl sites for hydroxylation is 2. The van der Waals surface area contributed by atoms with Crippen LogP contribution < -0.4 is 0 Å². The highest BCUT2D eigenvalue weighted by Crippen LogP contribution is 2.39. The number of esters is 1. The molecule has 0 atom stereocenters. The van der Waals surface area contributed by atoms with Gasteiger partial charge in [-0.05, 0) is 45.1 Å². The van der Waals surface area contributed by atoms with Gasteiger partial charge in [0.25, 0.3) is 10.8 Å². The average molecular weight is 510 g/mol. The lowest BCUT2D eigenvalue weighted by Gasteiger charge is -2.29. The van der Waals surface area contributed by atoms with Crippen LogP contribution in [0.3, 0.4) is 0 Å². The van der Waals surface area contributed by atoms with Gasteiger partial charge in [-0.1, -0.05) is 12.1 Å². The van der Waals surface area contributed by atoms with E-state index in [1.165, 1.54) is 31.2 Å². The predicted octanol–water partition coefficient (Wildman–Crippen LogP) is 4.72. The first-order valence-electron chi connectivity index (χ1n) is 10.5. The summed E-state index contributed by atoms with van der Waals surface area (Å²) in [5, 5.41) is 34.8. The van der Waals surface area contributed by atoms with Gasteiger partial charge in [0, 0.05) is 30.0 Å². The summed E-state index contributed by atoms with van der Waals surface area (Å²) >= 11 is 5.95. The number of nitrogens with zero attached hydrogens (tertiary/aromatic N) is 3. The molecule has 1 saturated carbocycles. The number of nitro groups is 1. The number of carbonyl (C=O) groups excluding carboxylic acids is 1. The Labute approximate surface area is 204 Å². The third-order valence-electron chi connectivity index (χ3n) is 5.70. The molecule has 0 aliphatic heterocycles. The van der Waals surface area contributed by atoms with Crippen molar-refractivity contribution in [3.8, 4) is 11.1 Å². The summed E-state index contributed by atoms with van der Waals surface area (Å²) in [6.45, 7) is 3.12. The van der Waals surface area contributed by atoms with Gasteiger partial charge in [-0.25, -0.2) is 9.59 Å². The minimum Gasteiger partial charge on any atom is -0.478 e. The average Bonchev–Trinajstić information content (AvgIpc) is 3.20. The number of halogens is 1. The molecule has 1 aromatic carbocycles. The first-order valence-corrected chi connectivity index (χ1v) is 11.1.